The minimum Gasteiger partial charge on any atom is -0.463 e. The first kappa shape index (κ1) is 34.1. The van der Waals surface area contributed by atoms with Gasteiger partial charge in [0.1, 0.15) is 18.4 Å². The lowest BCUT2D eigenvalue weighted by atomic mass is 9.99. The summed E-state index contributed by atoms with van der Waals surface area (Å²) in [5, 5.41) is 0.240. The van der Waals surface area contributed by atoms with Gasteiger partial charge in [-0.3, -0.25) is 33.8 Å². The van der Waals surface area contributed by atoms with Gasteiger partial charge in [0.15, 0.2) is 28.9 Å². The van der Waals surface area contributed by atoms with E-state index in [9.17, 15) is 24.0 Å². The highest BCUT2D eigenvalue weighted by molar-refractivity contribution is 9.11. The van der Waals surface area contributed by atoms with Crippen LogP contribution in [0.1, 0.15) is 32.6 Å². The maximum Gasteiger partial charge on any atom is 0.303 e. The van der Waals surface area contributed by atoms with Gasteiger partial charge < -0.3 is 28.4 Å². The summed E-state index contributed by atoms with van der Waals surface area (Å²) in [6.07, 6.45) is -3.38. The lowest BCUT2D eigenvalue weighted by molar-refractivity contribution is -0.237. The van der Waals surface area contributed by atoms with Crippen LogP contribution in [0.5, 0.6) is 0 Å². The van der Waals surface area contributed by atoms with E-state index in [1.807, 2.05) is 17.0 Å². The highest BCUT2D eigenvalue weighted by Crippen LogP contribution is 2.38. The molecule has 1 aromatic heterocycles. The van der Waals surface area contributed by atoms with E-state index < -0.39 is 53.7 Å². The van der Waals surface area contributed by atoms with Crippen LogP contribution in [0, 0.1) is 0 Å². The van der Waals surface area contributed by atoms with E-state index in [0.29, 0.717) is 26.3 Å². The molecule has 44 heavy (non-hydrogen) atoms. The van der Waals surface area contributed by atoms with E-state index in [4.69, 9.17) is 28.4 Å². The molecule has 2 saturated heterocycles. The molecule has 1 aromatic rings. The first-order valence-electron chi connectivity index (χ1n) is 13.6. The van der Waals surface area contributed by atoms with Crippen molar-refractivity contribution in [1.82, 2.24) is 9.80 Å². The summed E-state index contributed by atoms with van der Waals surface area (Å²) in [5.41, 5.74) is -0.953. The van der Waals surface area contributed by atoms with Crippen LogP contribution in [-0.4, -0.2) is 114 Å². The van der Waals surface area contributed by atoms with Crippen LogP contribution in [-0.2, 0) is 52.4 Å². The van der Waals surface area contributed by atoms with Crippen molar-refractivity contribution < 1.29 is 52.4 Å². The summed E-state index contributed by atoms with van der Waals surface area (Å²) in [7, 11) is 0. The molecule has 0 bridgehead atoms. The van der Waals surface area contributed by atoms with Gasteiger partial charge in [0, 0.05) is 45.7 Å². The summed E-state index contributed by atoms with van der Waals surface area (Å²) in [5.74, 6) is -3.17. The fourth-order valence-electron chi connectivity index (χ4n) is 4.62. The molecule has 4 heterocycles. The molecule has 2 fully saturated rings. The molecule has 1 amide bonds. The second kappa shape index (κ2) is 15.4. The van der Waals surface area contributed by atoms with Gasteiger partial charge in [0.05, 0.1) is 23.7 Å². The number of nitrogens with zero attached hydrogens (tertiary/aromatic N) is 3. The van der Waals surface area contributed by atoms with E-state index in [1.54, 1.807) is 6.08 Å². The first-order chi connectivity index (χ1) is 20.9. The molecule has 3 aliphatic heterocycles. The van der Waals surface area contributed by atoms with E-state index in [0.717, 1.165) is 34.3 Å². The molecule has 14 nitrogen and oxygen atoms in total. The third-order valence-corrected chi connectivity index (χ3v) is 9.10. The van der Waals surface area contributed by atoms with E-state index in [-0.39, 0.29) is 30.0 Å². The molecule has 5 unspecified atom stereocenters. The number of amidine groups is 1. The Hall–Kier alpha value is -2.83. The van der Waals surface area contributed by atoms with Gasteiger partial charge in [0.25, 0.3) is 5.91 Å². The van der Waals surface area contributed by atoms with Crippen molar-refractivity contribution in [2.24, 2.45) is 4.99 Å². The number of thioether (sulfide) groups is 1. The summed E-state index contributed by atoms with van der Waals surface area (Å²) in [4.78, 5) is 70.8. The molecular weight excluding hydrogens is 686 g/mol. The topological polar surface area (TPSA) is 160 Å². The molecule has 5 atom stereocenters. The highest BCUT2D eigenvalue weighted by Gasteiger charge is 2.53. The standard InChI is InChI=1S/C27H32BrN3O11S2/c1-14(32)38-12-20-22(39-15(2)33)23(40-16(3)34)24(41-17(4)35)26(42-20)44-27-29-19(11-18-5-6-21(28)43-18)25(36)31(27)13-30-7-9-37-10-8-30/h5-6,11,20,22-24,26H,7-10,12-13H2,1-4H3/b19-11-. The predicted octanol–water partition coefficient (Wildman–Crippen LogP) is 2.16. The van der Waals surface area contributed by atoms with Crippen LogP contribution in [0.2, 0.25) is 0 Å². The Kier molecular flexibility index (Phi) is 12.0. The average molecular weight is 719 g/mol. The quantitative estimate of drug-likeness (QED) is 0.208. The Morgan fingerprint density at radius 2 is 1.64 bits per heavy atom. The Bertz CT molecular complexity index is 1330. The molecule has 0 saturated carbocycles. The summed E-state index contributed by atoms with van der Waals surface area (Å²) >= 11 is 5.82. The van der Waals surface area contributed by atoms with Crippen molar-refractivity contribution in [3.63, 3.8) is 0 Å². The number of ether oxygens (including phenoxy) is 6. The van der Waals surface area contributed by atoms with Gasteiger partial charge in [-0.2, -0.15) is 0 Å². The first-order valence-corrected chi connectivity index (χ1v) is 16.0. The number of carbonyl (C=O) groups excluding carboxylic acids is 5. The van der Waals surface area contributed by atoms with Gasteiger partial charge in [-0.1, -0.05) is 11.8 Å². The zero-order valence-electron chi connectivity index (χ0n) is 24.4. The van der Waals surface area contributed by atoms with E-state index >= 15 is 0 Å². The number of amides is 1. The van der Waals surface area contributed by atoms with Crippen LogP contribution in [0.25, 0.3) is 6.08 Å². The van der Waals surface area contributed by atoms with Crippen LogP contribution >= 0.6 is 39.0 Å². The number of aliphatic imine (C=N–C) groups is 1. The fraction of sp³-hybridized carbons (Fsp3) is 0.556. The Morgan fingerprint density at radius 3 is 2.23 bits per heavy atom. The summed E-state index contributed by atoms with van der Waals surface area (Å²) in [6, 6.07) is 3.71. The molecule has 0 radical (unpaired) electrons. The second-order valence-electron chi connectivity index (χ2n) is 9.86. The van der Waals surface area contributed by atoms with Crippen molar-refractivity contribution in [2.45, 2.75) is 57.5 Å². The highest BCUT2D eigenvalue weighted by atomic mass is 79.9. The lowest BCUT2D eigenvalue weighted by Crippen LogP contribution is -2.62. The zero-order chi connectivity index (χ0) is 32.0. The van der Waals surface area contributed by atoms with E-state index in [1.165, 1.54) is 30.1 Å². The average Bonchev–Trinajstić information content (AvgIpc) is 3.48. The number of hydrogen-bond acceptors (Lipinski definition) is 15. The molecular formula is C27H32BrN3O11S2. The van der Waals surface area contributed by atoms with Crippen molar-refractivity contribution in [3.05, 3.63) is 26.5 Å². The number of halogens is 1. The lowest BCUT2D eigenvalue weighted by Gasteiger charge is -2.44. The largest absolute Gasteiger partial charge is 0.463 e. The number of morpholine rings is 1. The molecule has 0 aromatic carbocycles. The zero-order valence-corrected chi connectivity index (χ0v) is 27.6. The van der Waals surface area contributed by atoms with Crippen molar-refractivity contribution in [1.29, 1.82) is 0 Å². The summed E-state index contributed by atoms with van der Waals surface area (Å²) < 4.78 is 34.3. The third-order valence-electron chi connectivity index (χ3n) is 6.40. The molecule has 0 N–H and O–H groups in total. The van der Waals surface area contributed by atoms with Gasteiger partial charge >= 0.3 is 23.9 Å². The maximum atomic E-state index is 13.7. The number of hydrogen-bond donors (Lipinski definition) is 0. The number of thiophene rings is 1. The van der Waals surface area contributed by atoms with Gasteiger partial charge in [-0.25, -0.2) is 4.99 Å². The van der Waals surface area contributed by atoms with Gasteiger partial charge in [-0.15, -0.1) is 11.3 Å². The van der Waals surface area contributed by atoms with Crippen LogP contribution < -0.4 is 0 Å². The normalized spacial score (nSPS) is 26.7. The molecule has 4 rings (SSSR count). The van der Waals surface area contributed by atoms with Crippen molar-refractivity contribution in [3.8, 4) is 0 Å². The van der Waals surface area contributed by atoms with E-state index in [2.05, 4.69) is 20.9 Å². The van der Waals surface area contributed by atoms with Crippen molar-refractivity contribution in [2.75, 3.05) is 39.6 Å². The SMILES string of the molecule is CC(=O)OCC1OC(SC2=N/C(=C\c3ccc(Br)s3)C(=O)N2CN2CCOCC2)C(OC(C)=O)C(OC(C)=O)C1OC(C)=O. The van der Waals surface area contributed by atoms with Gasteiger partial charge in [0.2, 0.25) is 0 Å². The van der Waals surface area contributed by atoms with Crippen molar-refractivity contribution >= 4 is 80.1 Å². The minimum atomic E-state index is -1.34. The third kappa shape index (κ3) is 9.10. The minimum absolute atomic E-state index is 0.181. The Morgan fingerprint density at radius 1 is 1.00 bits per heavy atom. The smallest absolute Gasteiger partial charge is 0.303 e. The van der Waals surface area contributed by atoms with Gasteiger partial charge in [-0.05, 0) is 34.1 Å². The molecule has 0 spiro atoms. The fourth-order valence-corrected chi connectivity index (χ4v) is 7.15. The second-order valence-corrected chi connectivity index (χ2v) is 13.4. The predicted molar refractivity (Wildman–Crippen MR) is 161 cm³/mol. The maximum absolute atomic E-state index is 13.7. The molecule has 240 valence electrons. The Balaban J connectivity index is 1.72. The monoisotopic (exact) mass is 717 g/mol. The number of esters is 4. The number of rotatable bonds is 9. The van der Waals surface area contributed by atoms with Crippen LogP contribution in [0.3, 0.4) is 0 Å². The summed E-state index contributed by atoms with van der Waals surface area (Å²) in [6.45, 7) is 6.70. The van der Waals surface area contributed by atoms with Crippen LogP contribution in [0.15, 0.2) is 26.6 Å². The number of carbonyl (C=O) groups is 5. The molecule has 3 aliphatic rings. The molecule has 17 heteroatoms. The van der Waals surface area contributed by atoms with Crippen LogP contribution in [0.4, 0.5) is 0 Å². The Labute approximate surface area is 270 Å². The molecule has 0 aliphatic carbocycles.